The Bertz CT molecular complexity index is 868. The molecule has 114 valence electrons. The third-order valence-corrected chi connectivity index (χ3v) is 5.28. The van der Waals surface area contributed by atoms with Crippen molar-refractivity contribution in [3.63, 3.8) is 0 Å². The van der Waals surface area contributed by atoms with Gasteiger partial charge < -0.3 is 0 Å². The maximum atomic E-state index is 12.9. The Labute approximate surface area is 129 Å². The Morgan fingerprint density at radius 1 is 1.05 bits per heavy atom. The fourth-order valence-corrected chi connectivity index (χ4v) is 3.89. The quantitative estimate of drug-likeness (QED) is 0.933. The molecule has 0 unspecified atom stereocenters. The molecular formula is C17H16FNO2S. The molecule has 1 N–H and O–H groups in total. The summed E-state index contributed by atoms with van der Waals surface area (Å²) in [4.78, 5) is 0.0471. The van der Waals surface area contributed by atoms with E-state index >= 15 is 0 Å². The van der Waals surface area contributed by atoms with Gasteiger partial charge in [-0.2, -0.15) is 0 Å². The molecule has 0 amide bonds. The molecule has 0 bridgehead atoms. The summed E-state index contributed by atoms with van der Waals surface area (Å²) in [6.07, 6.45) is 2.80. The van der Waals surface area contributed by atoms with Gasteiger partial charge in [-0.25, -0.2) is 12.8 Å². The van der Waals surface area contributed by atoms with Crippen LogP contribution in [0.4, 0.5) is 10.1 Å². The van der Waals surface area contributed by atoms with E-state index in [2.05, 4.69) is 10.8 Å². The zero-order valence-electron chi connectivity index (χ0n) is 12.4. The largest absolute Gasteiger partial charge is 0.279 e. The molecule has 0 saturated carbocycles. The summed E-state index contributed by atoms with van der Waals surface area (Å²) in [5.74, 6) is -0.463. The average molecular weight is 317 g/mol. The SMILES string of the molecule is CC1=CCc2c(NS(=O)(=O)c3ccc(F)cc3)ccc(C)c21. The van der Waals surface area contributed by atoms with E-state index < -0.39 is 15.8 Å². The predicted octanol–water partition coefficient (Wildman–Crippen LogP) is 3.89. The minimum absolute atomic E-state index is 0.0471. The van der Waals surface area contributed by atoms with Crippen molar-refractivity contribution in [3.05, 3.63) is 65.0 Å². The van der Waals surface area contributed by atoms with Crippen molar-refractivity contribution in [2.24, 2.45) is 0 Å². The van der Waals surface area contributed by atoms with Crippen LogP contribution in [0, 0.1) is 12.7 Å². The maximum Gasteiger partial charge on any atom is 0.261 e. The molecule has 3 nitrogen and oxygen atoms in total. The number of halogens is 1. The summed E-state index contributed by atoms with van der Waals surface area (Å²) in [5.41, 5.74) is 4.97. The first kappa shape index (κ1) is 14.8. The molecule has 5 heteroatoms. The summed E-state index contributed by atoms with van der Waals surface area (Å²) in [6, 6.07) is 8.48. The zero-order valence-corrected chi connectivity index (χ0v) is 13.2. The summed E-state index contributed by atoms with van der Waals surface area (Å²) in [5, 5.41) is 0. The van der Waals surface area contributed by atoms with Gasteiger partial charge in [0.15, 0.2) is 0 Å². The van der Waals surface area contributed by atoms with Crippen molar-refractivity contribution in [1.29, 1.82) is 0 Å². The van der Waals surface area contributed by atoms with Gasteiger partial charge in [0.1, 0.15) is 5.82 Å². The van der Waals surface area contributed by atoms with Gasteiger partial charge in [-0.05, 0) is 72.9 Å². The van der Waals surface area contributed by atoms with E-state index in [4.69, 9.17) is 0 Å². The topological polar surface area (TPSA) is 46.2 Å². The van der Waals surface area contributed by atoms with Crippen LogP contribution in [0.1, 0.15) is 23.6 Å². The molecule has 2 aromatic rings. The highest BCUT2D eigenvalue weighted by molar-refractivity contribution is 7.92. The minimum Gasteiger partial charge on any atom is -0.279 e. The van der Waals surface area contributed by atoms with Crippen LogP contribution in [-0.4, -0.2) is 8.42 Å². The van der Waals surface area contributed by atoms with E-state index in [9.17, 15) is 12.8 Å². The number of rotatable bonds is 3. The van der Waals surface area contributed by atoms with Gasteiger partial charge in [0.25, 0.3) is 10.0 Å². The molecule has 0 saturated heterocycles. The van der Waals surface area contributed by atoms with Gasteiger partial charge in [0, 0.05) is 0 Å². The van der Waals surface area contributed by atoms with E-state index in [1.807, 2.05) is 19.9 Å². The third kappa shape index (κ3) is 2.52. The van der Waals surface area contributed by atoms with Gasteiger partial charge in [-0.15, -0.1) is 0 Å². The summed E-state index contributed by atoms with van der Waals surface area (Å²) in [6.45, 7) is 4.04. The van der Waals surface area contributed by atoms with Gasteiger partial charge in [-0.3, -0.25) is 4.72 Å². The number of hydrogen-bond donors (Lipinski definition) is 1. The van der Waals surface area contributed by atoms with Crippen LogP contribution >= 0.6 is 0 Å². The second-order valence-electron chi connectivity index (χ2n) is 5.43. The van der Waals surface area contributed by atoms with Crippen LogP contribution in [0.15, 0.2) is 47.4 Å². The van der Waals surface area contributed by atoms with Crippen LogP contribution in [0.3, 0.4) is 0 Å². The van der Waals surface area contributed by atoms with Gasteiger partial charge in [0.05, 0.1) is 10.6 Å². The van der Waals surface area contributed by atoms with Crippen LogP contribution in [0.2, 0.25) is 0 Å². The van der Waals surface area contributed by atoms with Gasteiger partial charge in [0.2, 0.25) is 0 Å². The van der Waals surface area contributed by atoms with Crippen LogP contribution in [0.5, 0.6) is 0 Å². The molecule has 0 heterocycles. The Kier molecular flexibility index (Phi) is 3.53. The van der Waals surface area contributed by atoms with Crippen molar-refractivity contribution in [2.45, 2.75) is 25.2 Å². The number of nitrogens with one attached hydrogen (secondary N) is 1. The second-order valence-corrected chi connectivity index (χ2v) is 7.12. The van der Waals surface area contributed by atoms with Crippen molar-refractivity contribution >= 4 is 21.3 Å². The zero-order chi connectivity index (χ0) is 15.9. The Morgan fingerprint density at radius 3 is 2.41 bits per heavy atom. The van der Waals surface area contributed by atoms with Crippen LogP contribution in [0.25, 0.3) is 5.57 Å². The number of fused-ring (bicyclic) bond motifs is 1. The lowest BCUT2D eigenvalue weighted by Gasteiger charge is -2.14. The Balaban J connectivity index is 1.99. The summed E-state index contributed by atoms with van der Waals surface area (Å²) >= 11 is 0. The lowest BCUT2D eigenvalue weighted by molar-refractivity contribution is 0.599. The monoisotopic (exact) mass is 317 g/mol. The first-order valence-corrected chi connectivity index (χ1v) is 8.45. The van der Waals surface area contributed by atoms with E-state index in [1.54, 1.807) is 6.07 Å². The first-order chi connectivity index (χ1) is 10.4. The van der Waals surface area contributed by atoms with Gasteiger partial charge >= 0.3 is 0 Å². The summed E-state index contributed by atoms with van der Waals surface area (Å²) < 4.78 is 40.4. The van der Waals surface area contributed by atoms with Crippen LogP contribution < -0.4 is 4.72 Å². The molecule has 22 heavy (non-hydrogen) atoms. The molecule has 3 rings (SSSR count). The Morgan fingerprint density at radius 2 is 1.73 bits per heavy atom. The maximum absolute atomic E-state index is 12.9. The average Bonchev–Trinajstić information content (AvgIpc) is 2.86. The van der Waals surface area contributed by atoms with Crippen LogP contribution in [-0.2, 0) is 16.4 Å². The fourth-order valence-electron chi connectivity index (χ4n) is 2.80. The molecule has 1 aliphatic rings. The number of hydrogen-bond acceptors (Lipinski definition) is 2. The number of allylic oxidation sites excluding steroid dienone is 2. The van der Waals surface area contributed by atoms with E-state index in [0.717, 1.165) is 34.4 Å². The number of anilines is 1. The fraction of sp³-hybridized carbons (Fsp3) is 0.176. The predicted molar refractivity (Wildman–Crippen MR) is 85.7 cm³/mol. The normalized spacial score (nSPS) is 13.7. The number of aryl methyl sites for hydroxylation is 1. The second kappa shape index (κ2) is 5.25. The Hall–Kier alpha value is -2.14. The third-order valence-electron chi connectivity index (χ3n) is 3.90. The molecule has 0 aliphatic heterocycles. The lowest BCUT2D eigenvalue weighted by Crippen LogP contribution is -2.14. The standard InChI is InChI=1S/C17H16FNO2S/c1-11-3-9-15-16(10-4-12(2)17(11)15)19-22(20,21)14-7-5-13(18)6-8-14/h3-8,10,19H,9H2,1-2H3. The number of benzene rings is 2. The summed E-state index contributed by atoms with van der Waals surface area (Å²) in [7, 11) is -3.72. The van der Waals surface area contributed by atoms with E-state index in [0.29, 0.717) is 12.1 Å². The molecule has 0 fully saturated rings. The van der Waals surface area contributed by atoms with Crippen molar-refractivity contribution in [2.75, 3.05) is 4.72 Å². The molecule has 1 aliphatic carbocycles. The molecule has 0 spiro atoms. The first-order valence-electron chi connectivity index (χ1n) is 6.96. The number of sulfonamides is 1. The van der Waals surface area contributed by atoms with E-state index in [1.165, 1.54) is 12.1 Å². The molecular weight excluding hydrogens is 301 g/mol. The highest BCUT2D eigenvalue weighted by Crippen LogP contribution is 2.35. The van der Waals surface area contributed by atoms with E-state index in [-0.39, 0.29) is 4.90 Å². The van der Waals surface area contributed by atoms with Crippen molar-refractivity contribution in [1.82, 2.24) is 0 Å². The van der Waals surface area contributed by atoms with Crippen molar-refractivity contribution in [3.8, 4) is 0 Å². The molecule has 0 aromatic heterocycles. The molecule has 0 atom stereocenters. The minimum atomic E-state index is -3.72. The van der Waals surface area contributed by atoms with Crippen molar-refractivity contribution < 1.29 is 12.8 Å². The smallest absolute Gasteiger partial charge is 0.261 e. The highest BCUT2D eigenvalue weighted by atomic mass is 32.2. The van der Waals surface area contributed by atoms with Gasteiger partial charge in [-0.1, -0.05) is 12.1 Å². The lowest BCUT2D eigenvalue weighted by atomic mass is 9.99. The highest BCUT2D eigenvalue weighted by Gasteiger charge is 2.21. The molecule has 0 radical (unpaired) electrons. The molecule has 2 aromatic carbocycles.